The standard InChI is InChI=1S/C15H18Cl2N2O3/c16-12-2-1-11(13(17)8-12)9-22-6-5-19-15(21)10-3-4-18-14(20)7-10/h1-2,8,10H,3-7,9H2,(H,18,20)(H,19,21). The zero-order chi connectivity index (χ0) is 15.9. The number of carbonyl (C=O) groups excluding carboxylic acids is 2. The lowest BCUT2D eigenvalue weighted by atomic mass is 9.97. The molecule has 1 unspecified atom stereocenters. The summed E-state index contributed by atoms with van der Waals surface area (Å²) in [5.74, 6) is -0.400. The lowest BCUT2D eigenvalue weighted by molar-refractivity contribution is -0.132. The number of benzene rings is 1. The highest BCUT2D eigenvalue weighted by Crippen LogP contribution is 2.21. The summed E-state index contributed by atoms with van der Waals surface area (Å²) in [5.41, 5.74) is 0.848. The summed E-state index contributed by atoms with van der Waals surface area (Å²) >= 11 is 11.9. The predicted octanol–water partition coefficient (Wildman–Crippen LogP) is 2.15. The van der Waals surface area contributed by atoms with Crippen LogP contribution in [0.4, 0.5) is 0 Å². The SMILES string of the molecule is O=C1CC(C(=O)NCCOCc2ccc(Cl)cc2Cl)CCN1. The smallest absolute Gasteiger partial charge is 0.223 e. The Morgan fingerprint density at radius 1 is 1.41 bits per heavy atom. The van der Waals surface area contributed by atoms with Gasteiger partial charge in [-0.1, -0.05) is 29.3 Å². The van der Waals surface area contributed by atoms with Crippen LogP contribution in [0.25, 0.3) is 0 Å². The molecule has 5 nitrogen and oxygen atoms in total. The number of hydrogen-bond donors (Lipinski definition) is 2. The molecule has 2 rings (SSSR count). The van der Waals surface area contributed by atoms with Crippen molar-refractivity contribution in [2.24, 2.45) is 5.92 Å². The van der Waals surface area contributed by atoms with E-state index < -0.39 is 0 Å². The third-order valence-electron chi connectivity index (χ3n) is 3.44. The molecular formula is C15H18Cl2N2O3. The molecule has 0 spiro atoms. The Morgan fingerprint density at radius 3 is 2.95 bits per heavy atom. The zero-order valence-electron chi connectivity index (χ0n) is 12.0. The van der Waals surface area contributed by atoms with E-state index in [-0.39, 0.29) is 24.2 Å². The normalized spacial score (nSPS) is 17.9. The van der Waals surface area contributed by atoms with Gasteiger partial charge in [-0.15, -0.1) is 0 Å². The van der Waals surface area contributed by atoms with Gasteiger partial charge < -0.3 is 15.4 Å². The maximum atomic E-state index is 11.9. The number of carbonyl (C=O) groups is 2. The molecule has 0 aromatic heterocycles. The van der Waals surface area contributed by atoms with Crippen molar-refractivity contribution in [2.75, 3.05) is 19.7 Å². The number of nitrogens with one attached hydrogen (secondary N) is 2. The quantitative estimate of drug-likeness (QED) is 0.777. The van der Waals surface area contributed by atoms with Crippen molar-refractivity contribution in [1.29, 1.82) is 0 Å². The molecule has 0 radical (unpaired) electrons. The van der Waals surface area contributed by atoms with Crippen LogP contribution >= 0.6 is 23.2 Å². The Hall–Kier alpha value is -1.30. The van der Waals surface area contributed by atoms with Crippen LogP contribution in [-0.2, 0) is 20.9 Å². The van der Waals surface area contributed by atoms with E-state index in [2.05, 4.69) is 10.6 Å². The third-order valence-corrected chi connectivity index (χ3v) is 4.02. The van der Waals surface area contributed by atoms with Crippen molar-refractivity contribution in [3.63, 3.8) is 0 Å². The van der Waals surface area contributed by atoms with Crippen molar-refractivity contribution in [1.82, 2.24) is 10.6 Å². The monoisotopic (exact) mass is 344 g/mol. The van der Waals surface area contributed by atoms with Gasteiger partial charge in [0.15, 0.2) is 0 Å². The van der Waals surface area contributed by atoms with Gasteiger partial charge in [-0.3, -0.25) is 9.59 Å². The first-order valence-electron chi connectivity index (χ1n) is 7.12. The van der Waals surface area contributed by atoms with E-state index in [1.54, 1.807) is 12.1 Å². The summed E-state index contributed by atoms with van der Waals surface area (Å²) in [6.07, 6.45) is 0.936. The first kappa shape index (κ1) is 17.1. The Kier molecular flexibility index (Phi) is 6.49. The van der Waals surface area contributed by atoms with Gasteiger partial charge >= 0.3 is 0 Å². The number of rotatable bonds is 6. The molecule has 0 saturated carbocycles. The van der Waals surface area contributed by atoms with Crippen molar-refractivity contribution in [3.05, 3.63) is 33.8 Å². The van der Waals surface area contributed by atoms with E-state index in [4.69, 9.17) is 27.9 Å². The minimum atomic E-state index is -0.237. The van der Waals surface area contributed by atoms with Gasteiger partial charge in [-0.05, 0) is 24.1 Å². The molecule has 2 amide bonds. The third kappa shape index (κ3) is 5.16. The second-order valence-corrected chi connectivity index (χ2v) is 5.96. The van der Waals surface area contributed by atoms with E-state index in [9.17, 15) is 9.59 Å². The van der Waals surface area contributed by atoms with Gasteiger partial charge in [-0.25, -0.2) is 0 Å². The van der Waals surface area contributed by atoms with Crippen molar-refractivity contribution in [2.45, 2.75) is 19.4 Å². The predicted molar refractivity (Wildman–Crippen MR) is 84.9 cm³/mol. The molecule has 120 valence electrons. The van der Waals surface area contributed by atoms with Crippen LogP contribution in [0.15, 0.2) is 18.2 Å². The fraction of sp³-hybridized carbons (Fsp3) is 0.467. The van der Waals surface area contributed by atoms with Crippen LogP contribution in [0.1, 0.15) is 18.4 Å². The summed E-state index contributed by atoms with van der Waals surface area (Å²) in [6.45, 7) is 1.70. The Balaban J connectivity index is 1.64. The van der Waals surface area contributed by atoms with Gasteiger partial charge in [0.2, 0.25) is 11.8 Å². The van der Waals surface area contributed by atoms with Gasteiger partial charge in [0.25, 0.3) is 0 Å². The topological polar surface area (TPSA) is 67.4 Å². The molecule has 2 N–H and O–H groups in total. The van der Waals surface area contributed by atoms with Crippen molar-refractivity contribution >= 4 is 35.0 Å². The van der Waals surface area contributed by atoms with Crippen molar-refractivity contribution in [3.8, 4) is 0 Å². The average Bonchev–Trinajstić information content (AvgIpc) is 2.48. The van der Waals surface area contributed by atoms with E-state index in [1.807, 2.05) is 6.07 Å². The second-order valence-electron chi connectivity index (χ2n) is 5.12. The maximum absolute atomic E-state index is 11.9. The summed E-state index contributed by atoms with van der Waals surface area (Å²) < 4.78 is 5.48. The Labute approximate surface area is 139 Å². The molecule has 22 heavy (non-hydrogen) atoms. The summed E-state index contributed by atoms with van der Waals surface area (Å²) in [6, 6.07) is 5.23. The fourth-order valence-electron chi connectivity index (χ4n) is 2.22. The van der Waals surface area contributed by atoms with E-state index in [0.29, 0.717) is 42.8 Å². The summed E-state index contributed by atoms with van der Waals surface area (Å²) in [5, 5.41) is 6.63. The molecule has 7 heteroatoms. The van der Waals surface area contributed by atoms with Crippen LogP contribution in [0.3, 0.4) is 0 Å². The van der Waals surface area contributed by atoms with E-state index >= 15 is 0 Å². The molecule has 1 atom stereocenters. The van der Waals surface area contributed by atoms with Crippen LogP contribution in [-0.4, -0.2) is 31.5 Å². The van der Waals surface area contributed by atoms with Gasteiger partial charge in [-0.2, -0.15) is 0 Å². The number of piperidine rings is 1. The highest BCUT2D eigenvalue weighted by Gasteiger charge is 2.24. The fourth-order valence-corrected chi connectivity index (χ4v) is 2.68. The molecule has 0 bridgehead atoms. The number of halogens is 2. The maximum Gasteiger partial charge on any atom is 0.223 e. The molecule has 0 aliphatic carbocycles. The highest BCUT2D eigenvalue weighted by molar-refractivity contribution is 6.35. The van der Waals surface area contributed by atoms with Crippen LogP contribution in [0, 0.1) is 5.92 Å². The Morgan fingerprint density at radius 2 is 2.23 bits per heavy atom. The first-order chi connectivity index (χ1) is 10.6. The largest absolute Gasteiger partial charge is 0.375 e. The lowest BCUT2D eigenvalue weighted by Crippen LogP contribution is -2.41. The molecule has 1 aliphatic rings. The Bertz CT molecular complexity index is 552. The van der Waals surface area contributed by atoms with Crippen LogP contribution in [0.2, 0.25) is 10.0 Å². The van der Waals surface area contributed by atoms with E-state index in [1.165, 1.54) is 0 Å². The van der Waals surface area contributed by atoms with E-state index in [0.717, 1.165) is 5.56 Å². The van der Waals surface area contributed by atoms with Gasteiger partial charge in [0.05, 0.1) is 13.2 Å². The van der Waals surface area contributed by atoms with Gasteiger partial charge in [0, 0.05) is 35.5 Å². The zero-order valence-corrected chi connectivity index (χ0v) is 13.5. The molecule has 1 aliphatic heterocycles. The minimum absolute atomic E-state index is 0.0694. The number of ether oxygens (including phenoxy) is 1. The van der Waals surface area contributed by atoms with Crippen LogP contribution in [0.5, 0.6) is 0 Å². The molecule has 1 saturated heterocycles. The molecular weight excluding hydrogens is 327 g/mol. The average molecular weight is 345 g/mol. The first-order valence-corrected chi connectivity index (χ1v) is 7.88. The number of hydrogen-bond acceptors (Lipinski definition) is 3. The second kappa shape index (κ2) is 8.36. The van der Waals surface area contributed by atoms with Gasteiger partial charge in [0.1, 0.15) is 0 Å². The molecule has 1 aromatic carbocycles. The van der Waals surface area contributed by atoms with Crippen molar-refractivity contribution < 1.29 is 14.3 Å². The molecule has 1 heterocycles. The lowest BCUT2D eigenvalue weighted by Gasteiger charge is -2.21. The molecule has 1 aromatic rings. The highest BCUT2D eigenvalue weighted by atomic mass is 35.5. The number of amides is 2. The minimum Gasteiger partial charge on any atom is -0.375 e. The summed E-state index contributed by atoms with van der Waals surface area (Å²) in [7, 11) is 0. The van der Waals surface area contributed by atoms with Crippen LogP contribution < -0.4 is 10.6 Å². The molecule has 1 fully saturated rings. The summed E-state index contributed by atoms with van der Waals surface area (Å²) in [4.78, 5) is 23.1.